The number of ether oxygens (including phenoxy) is 1. The summed E-state index contributed by atoms with van der Waals surface area (Å²) in [5.41, 5.74) is 9.78. The Morgan fingerprint density at radius 3 is 2.40 bits per heavy atom. The number of amides is 2. The molecule has 2 amide bonds. The van der Waals surface area contributed by atoms with E-state index in [4.69, 9.17) is 15.9 Å². The van der Waals surface area contributed by atoms with Gasteiger partial charge in [0.05, 0.1) is 6.42 Å². The molecule has 9 nitrogen and oxygen atoms in total. The van der Waals surface area contributed by atoms with Crippen LogP contribution in [-0.2, 0) is 27.3 Å². The highest BCUT2D eigenvalue weighted by molar-refractivity contribution is 6.05. The van der Waals surface area contributed by atoms with Crippen LogP contribution < -0.4 is 16.4 Å². The summed E-state index contributed by atoms with van der Waals surface area (Å²) >= 11 is 0. The summed E-state index contributed by atoms with van der Waals surface area (Å²) in [7, 11) is 0. The Balaban J connectivity index is 1.33. The predicted octanol–water partition coefficient (Wildman–Crippen LogP) is 4.85. The maximum Gasteiger partial charge on any atom is 0.308 e. The van der Waals surface area contributed by atoms with Gasteiger partial charge in [-0.25, -0.2) is 0 Å². The fourth-order valence-corrected chi connectivity index (χ4v) is 5.52. The molecule has 1 unspecified atom stereocenters. The van der Waals surface area contributed by atoms with Crippen molar-refractivity contribution >= 4 is 35.0 Å². The quantitative estimate of drug-likeness (QED) is 0.166. The molecule has 1 fully saturated rings. The highest BCUT2D eigenvalue weighted by atomic mass is 16.5. The molecule has 3 aromatic rings. The molecule has 1 aliphatic heterocycles. The van der Waals surface area contributed by atoms with Crippen LogP contribution in [0.3, 0.4) is 0 Å². The summed E-state index contributed by atoms with van der Waals surface area (Å²) in [6, 6.07) is 21.2. The topological polar surface area (TPSA) is 138 Å². The van der Waals surface area contributed by atoms with Gasteiger partial charge in [0.15, 0.2) is 0 Å². The Hall–Kier alpha value is -4.66. The van der Waals surface area contributed by atoms with E-state index in [1.807, 2.05) is 42.5 Å². The van der Waals surface area contributed by atoms with Gasteiger partial charge in [-0.2, -0.15) is 0 Å². The van der Waals surface area contributed by atoms with E-state index in [1.54, 1.807) is 35.2 Å². The van der Waals surface area contributed by atoms with Gasteiger partial charge in [-0.15, -0.1) is 0 Å². The zero-order chi connectivity index (χ0) is 29.5. The molecule has 0 bridgehead atoms. The third kappa shape index (κ3) is 7.34. The van der Waals surface area contributed by atoms with Crippen LogP contribution in [-0.4, -0.2) is 47.2 Å². The Kier molecular flexibility index (Phi) is 9.16. The van der Waals surface area contributed by atoms with Gasteiger partial charge < -0.3 is 26.0 Å². The lowest BCUT2D eigenvalue weighted by molar-refractivity contribution is -0.152. The highest BCUT2D eigenvalue weighted by Crippen LogP contribution is 2.28. The van der Waals surface area contributed by atoms with Gasteiger partial charge in [0.2, 0.25) is 5.91 Å². The molecule has 0 saturated heterocycles. The molecular weight excluding hydrogens is 530 g/mol. The van der Waals surface area contributed by atoms with E-state index in [9.17, 15) is 14.4 Å². The van der Waals surface area contributed by atoms with Crippen molar-refractivity contribution in [3.63, 3.8) is 0 Å². The standard InChI is InChI=1S/C33H37N5O4/c34-31(35)23-11-13-24(14-12-23)32(40)36-26-15-16-28-25(19-26)21-38(18-17-22-7-3-1-4-8-22)33(41)29(37-28)20-30(39)42-27-9-5-2-6-10-27/h1,3-4,7-8,11-16,19,27,29,37H,2,5-6,9-10,17-18,20-21H2,(H3,34,35)(H,36,40). The van der Waals surface area contributed by atoms with Gasteiger partial charge in [0, 0.05) is 35.6 Å². The fourth-order valence-electron chi connectivity index (χ4n) is 5.52. The van der Waals surface area contributed by atoms with Crippen LogP contribution in [0.2, 0.25) is 0 Å². The molecule has 2 aliphatic rings. The largest absolute Gasteiger partial charge is 0.462 e. The number of carbonyl (C=O) groups excluding carboxylic acids is 3. The van der Waals surface area contributed by atoms with E-state index in [-0.39, 0.29) is 36.1 Å². The summed E-state index contributed by atoms with van der Waals surface area (Å²) in [5.74, 6) is -0.878. The first-order valence-electron chi connectivity index (χ1n) is 14.5. The first-order valence-corrected chi connectivity index (χ1v) is 14.5. The minimum absolute atomic E-state index is 0.0502. The molecule has 5 rings (SSSR count). The SMILES string of the molecule is N=C(N)c1ccc(C(=O)Nc2ccc3c(c2)CN(CCc2ccccc2)C(=O)C(CC(=O)OC2CCCCC2)N3)cc1. The van der Waals surface area contributed by atoms with Crippen molar-refractivity contribution in [1.82, 2.24) is 4.90 Å². The lowest BCUT2D eigenvalue weighted by Crippen LogP contribution is -2.43. The number of benzene rings is 3. The van der Waals surface area contributed by atoms with Crippen molar-refractivity contribution < 1.29 is 19.1 Å². The smallest absolute Gasteiger partial charge is 0.308 e. The molecule has 0 spiro atoms. The Morgan fingerprint density at radius 1 is 0.976 bits per heavy atom. The summed E-state index contributed by atoms with van der Waals surface area (Å²) in [5, 5.41) is 13.8. The number of fused-ring (bicyclic) bond motifs is 1. The maximum absolute atomic E-state index is 13.7. The van der Waals surface area contributed by atoms with Crippen LogP contribution in [0.15, 0.2) is 72.8 Å². The van der Waals surface area contributed by atoms with Crippen molar-refractivity contribution in [3.05, 3.63) is 95.1 Å². The predicted molar refractivity (Wildman–Crippen MR) is 162 cm³/mol. The molecular formula is C33H37N5O4. The van der Waals surface area contributed by atoms with E-state index in [2.05, 4.69) is 10.6 Å². The summed E-state index contributed by atoms with van der Waals surface area (Å²) in [6.45, 7) is 0.816. The van der Waals surface area contributed by atoms with Crippen molar-refractivity contribution in [2.24, 2.45) is 5.73 Å². The first kappa shape index (κ1) is 28.9. The van der Waals surface area contributed by atoms with Gasteiger partial charge in [-0.3, -0.25) is 19.8 Å². The van der Waals surface area contributed by atoms with Crippen molar-refractivity contribution in [2.45, 2.75) is 63.6 Å². The molecule has 3 aromatic carbocycles. The lowest BCUT2D eigenvalue weighted by atomic mass is 9.98. The van der Waals surface area contributed by atoms with E-state index >= 15 is 0 Å². The van der Waals surface area contributed by atoms with Crippen LogP contribution in [0.5, 0.6) is 0 Å². The Bertz CT molecular complexity index is 1430. The molecule has 0 radical (unpaired) electrons. The van der Waals surface area contributed by atoms with Gasteiger partial charge in [-0.05, 0) is 73.6 Å². The van der Waals surface area contributed by atoms with Crippen molar-refractivity contribution in [1.29, 1.82) is 5.41 Å². The number of hydrogen-bond acceptors (Lipinski definition) is 6. The monoisotopic (exact) mass is 567 g/mol. The highest BCUT2D eigenvalue weighted by Gasteiger charge is 2.32. The average Bonchev–Trinajstić information content (AvgIpc) is 3.12. The molecule has 5 N–H and O–H groups in total. The van der Waals surface area contributed by atoms with Crippen LogP contribution in [0.4, 0.5) is 11.4 Å². The molecule has 1 saturated carbocycles. The van der Waals surface area contributed by atoms with Crippen LogP contribution in [0.1, 0.15) is 65.6 Å². The van der Waals surface area contributed by atoms with E-state index < -0.39 is 6.04 Å². The van der Waals surface area contributed by atoms with Crippen LogP contribution in [0, 0.1) is 5.41 Å². The molecule has 9 heteroatoms. The minimum atomic E-state index is -0.752. The lowest BCUT2D eigenvalue weighted by Gasteiger charge is -2.26. The number of nitrogen functional groups attached to an aromatic ring is 1. The molecule has 42 heavy (non-hydrogen) atoms. The van der Waals surface area contributed by atoms with Gasteiger partial charge in [0.25, 0.3) is 5.91 Å². The molecule has 1 atom stereocenters. The van der Waals surface area contributed by atoms with Gasteiger partial charge in [0.1, 0.15) is 18.0 Å². The molecule has 0 aromatic heterocycles. The van der Waals surface area contributed by atoms with Crippen molar-refractivity contribution in [2.75, 3.05) is 17.2 Å². The number of esters is 1. The molecule has 218 valence electrons. The first-order chi connectivity index (χ1) is 20.4. The zero-order valence-electron chi connectivity index (χ0n) is 23.6. The number of hydrogen-bond donors (Lipinski definition) is 4. The number of rotatable bonds is 9. The van der Waals surface area contributed by atoms with Crippen LogP contribution in [0.25, 0.3) is 0 Å². The second-order valence-corrected chi connectivity index (χ2v) is 11.0. The molecule has 1 aliphatic carbocycles. The number of amidine groups is 1. The second-order valence-electron chi connectivity index (χ2n) is 11.0. The summed E-state index contributed by atoms with van der Waals surface area (Å²) in [6.07, 6.45) is 5.58. The fraction of sp³-hybridized carbons (Fsp3) is 0.333. The van der Waals surface area contributed by atoms with Crippen molar-refractivity contribution in [3.8, 4) is 0 Å². The second kappa shape index (κ2) is 13.3. The normalized spacial score (nSPS) is 17.0. The zero-order valence-corrected chi connectivity index (χ0v) is 23.6. The average molecular weight is 568 g/mol. The summed E-state index contributed by atoms with van der Waals surface area (Å²) < 4.78 is 5.75. The minimum Gasteiger partial charge on any atom is -0.462 e. The van der Waals surface area contributed by atoms with E-state index in [1.165, 1.54) is 6.42 Å². The number of nitrogens with zero attached hydrogens (tertiary/aromatic N) is 1. The number of anilines is 2. The van der Waals surface area contributed by atoms with E-state index in [0.717, 1.165) is 42.5 Å². The number of nitrogens with one attached hydrogen (secondary N) is 3. The maximum atomic E-state index is 13.7. The number of nitrogens with two attached hydrogens (primary N) is 1. The van der Waals surface area contributed by atoms with Gasteiger partial charge >= 0.3 is 5.97 Å². The Morgan fingerprint density at radius 2 is 1.69 bits per heavy atom. The third-order valence-electron chi connectivity index (χ3n) is 7.86. The third-order valence-corrected chi connectivity index (χ3v) is 7.86. The Labute approximate surface area is 245 Å². The molecule has 1 heterocycles. The van der Waals surface area contributed by atoms with E-state index in [0.29, 0.717) is 36.3 Å². The van der Waals surface area contributed by atoms with Crippen LogP contribution >= 0.6 is 0 Å². The van der Waals surface area contributed by atoms with Gasteiger partial charge in [-0.1, -0.05) is 48.9 Å². The number of carbonyl (C=O) groups is 3. The summed E-state index contributed by atoms with van der Waals surface area (Å²) in [4.78, 5) is 41.3.